The van der Waals surface area contributed by atoms with E-state index in [0.717, 1.165) is 51.4 Å². The molecule has 0 aliphatic carbocycles. The van der Waals surface area contributed by atoms with Crippen LogP contribution in [0, 0.1) is 0 Å². The summed E-state index contributed by atoms with van der Waals surface area (Å²) in [5.41, 5.74) is 20.7. The summed E-state index contributed by atoms with van der Waals surface area (Å²) < 4.78 is 0. The maximum atomic E-state index is 10.7. The van der Waals surface area contributed by atoms with Gasteiger partial charge in [-0.15, -0.1) is 0 Å². The van der Waals surface area contributed by atoms with Gasteiger partial charge in [0.15, 0.2) is 0 Å². The zero-order chi connectivity index (χ0) is 60.5. The third-order valence-corrected chi connectivity index (χ3v) is 17.9. The molecular weight excluding hydrogens is 1020 g/mol. The van der Waals surface area contributed by atoms with E-state index in [-0.39, 0.29) is 23.6 Å². The smallest absolute Gasteiger partial charge is 0.217 e. The normalized spacial score (nSPS) is 11.3. The first-order valence-corrected chi connectivity index (χ1v) is 37.9. The van der Waals surface area contributed by atoms with Gasteiger partial charge in [0.25, 0.3) is 0 Å². The molecule has 0 atom stereocenters. The third-order valence-electron chi connectivity index (χ3n) is 17.9. The predicted octanol–water partition coefficient (Wildman–Crippen LogP) is 23.6. The Bertz CT molecular complexity index is 1180. The molecule has 0 heterocycles. The van der Waals surface area contributed by atoms with E-state index in [1.54, 1.807) is 0 Å². The SMILES string of the molecule is NC(=O)CCCCCCCCCCCCCCCCCCCCCCCCCCCCCCCCCCCC(N)=O.NC(=O)CCCCCCCCCCCCCCCCCCCCCCCCCCCCCCCCCCCCC(N)=O. The minimum Gasteiger partial charge on any atom is -0.370 e. The Hall–Kier alpha value is -2.12. The number of primary amides is 4. The van der Waals surface area contributed by atoms with Gasteiger partial charge in [-0.25, -0.2) is 0 Å². The van der Waals surface area contributed by atoms with Crippen molar-refractivity contribution in [2.45, 2.75) is 456 Å². The molecule has 0 fully saturated rings. The molecule has 494 valence electrons. The van der Waals surface area contributed by atoms with Gasteiger partial charge in [-0.3, -0.25) is 19.2 Å². The quantitative estimate of drug-likeness (QED) is 0.0444. The average Bonchev–Trinajstić information content (AvgIpc) is 3.45. The largest absolute Gasteiger partial charge is 0.370 e. The monoisotopic (exact) mass is 1170 g/mol. The molecule has 4 amide bonds. The summed E-state index contributed by atoms with van der Waals surface area (Å²) in [6, 6.07) is 0. The summed E-state index contributed by atoms with van der Waals surface area (Å²) in [4.78, 5) is 42.8. The maximum absolute atomic E-state index is 10.7. The van der Waals surface area contributed by atoms with Crippen LogP contribution in [0.25, 0.3) is 0 Å². The molecule has 8 heteroatoms. The number of carbonyl (C=O) groups excluding carboxylic acids is 4. The van der Waals surface area contributed by atoms with Crippen molar-refractivity contribution in [3.05, 3.63) is 0 Å². The summed E-state index contributed by atoms with van der Waals surface area (Å²) >= 11 is 0. The van der Waals surface area contributed by atoms with Crippen LogP contribution in [0.2, 0.25) is 0 Å². The van der Waals surface area contributed by atoms with Crippen LogP contribution in [0.15, 0.2) is 0 Å². The fourth-order valence-electron chi connectivity index (χ4n) is 12.3. The van der Waals surface area contributed by atoms with Crippen LogP contribution in [0.4, 0.5) is 0 Å². The first-order chi connectivity index (χ1) is 40.8. The zero-order valence-corrected chi connectivity index (χ0v) is 56.1. The standard InChI is InChI=1S/C38H76N2O2.C37H74N2O2/c39-37(41)35-33-31-29-27-25-23-21-19-17-15-13-11-9-7-5-3-1-2-4-6-8-10-12-14-16-18-20-22-24-26-28-30-32-34-36-38(40)42;38-36(40)34-32-30-28-26-24-22-20-18-16-14-12-10-8-6-4-2-1-3-5-7-9-11-13-15-17-19-21-23-25-27-29-31-33-35-37(39)41/h1-36H2,(H2,39,41)(H2,40,42);1-35H2,(H2,38,40)(H2,39,41). The fraction of sp³-hybridized carbons (Fsp3) is 0.947. The lowest BCUT2D eigenvalue weighted by molar-refractivity contribution is -0.119. The summed E-state index contributed by atoms with van der Waals surface area (Å²) in [7, 11) is 0. The number of unbranched alkanes of at least 4 members (excludes halogenated alkanes) is 65. The molecule has 0 aromatic rings. The van der Waals surface area contributed by atoms with Gasteiger partial charge in [-0.2, -0.15) is 0 Å². The van der Waals surface area contributed by atoms with Crippen molar-refractivity contribution >= 4 is 23.6 Å². The minimum atomic E-state index is -0.152. The summed E-state index contributed by atoms with van der Waals surface area (Å²) in [6.45, 7) is 0. The Labute approximate surface area is 519 Å². The maximum Gasteiger partial charge on any atom is 0.217 e. The molecule has 0 spiro atoms. The Morgan fingerprint density at radius 1 is 0.108 bits per heavy atom. The molecule has 0 bridgehead atoms. The first kappa shape index (κ1) is 82.9. The van der Waals surface area contributed by atoms with E-state index >= 15 is 0 Å². The van der Waals surface area contributed by atoms with E-state index in [1.165, 1.54) is 379 Å². The second-order valence-corrected chi connectivity index (χ2v) is 26.6. The van der Waals surface area contributed by atoms with Crippen LogP contribution in [-0.4, -0.2) is 23.6 Å². The molecule has 0 aliphatic heterocycles. The van der Waals surface area contributed by atoms with Crippen molar-refractivity contribution in [2.24, 2.45) is 22.9 Å². The summed E-state index contributed by atoms with van der Waals surface area (Å²) in [5.74, 6) is -0.609. The van der Waals surface area contributed by atoms with Crippen LogP contribution < -0.4 is 22.9 Å². The Morgan fingerprint density at radius 3 is 0.205 bits per heavy atom. The van der Waals surface area contributed by atoms with E-state index in [1.807, 2.05) is 0 Å². The molecule has 0 unspecified atom stereocenters. The highest BCUT2D eigenvalue weighted by molar-refractivity contribution is 5.74. The van der Waals surface area contributed by atoms with Crippen molar-refractivity contribution in [2.75, 3.05) is 0 Å². The molecule has 0 saturated carbocycles. The molecule has 0 aromatic heterocycles. The minimum absolute atomic E-state index is 0.152. The van der Waals surface area contributed by atoms with Gasteiger partial charge in [0, 0.05) is 25.7 Å². The number of rotatable bonds is 73. The zero-order valence-electron chi connectivity index (χ0n) is 56.1. The Morgan fingerprint density at radius 2 is 0.157 bits per heavy atom. The molecule has 0 aromatic carbocycles. The summed E-state index contributed by atoms with van der Waals surface area (Å²) in [5, 5.41) is 0. The second kappa shape index (κ2) is 76.0. The van der Waals surface area contributed by atoms with Gasteiger partial charge in [0.05, 0.1) is 0 Å². The van der Waals surface area contributed by atoms with Gasteiger partial charge in [-0.05, 0) is 25.7 Å². The van der Waals surface area contributed by atoms with Gasteiger partial charge in [0.2, 0.25) is 23.6 Å². The van der Waals surface area contributed by atoms with Crippen molar-refractivity contribution < 1.29 is 19.2 Å². The summed E-state index contributed by atoms with van der Waals surface area (Å²) in [6.07, 6.45) is 94.3. The third kappa shape index (κ3) is 86.4. The fourth-order valence-corrected chi connectivity index (χ4v) is 12.3. The molecule has 0 radical (unpaired) electrons. The molecule has 0 rings (SSSR count). The lowest BCUT2D eigenvalue weighted by Gasteiger charge is -2.05. The number of hydrogen-bond donors (Lipinski definition) is 4. The Balaban J connectivity index is 0. The molecule has 83 heavy (non-hydrogen) atoms. The van der Waals surface area contributed by atoms with Crippen LogP contribution in [0.3, 0.4) is 0 Å². The van der Waals surface area contributed by atoms with E-state index in [9.17, 15) is 19.2 Å². The number of amides is 4. The molecule has 8 nitrogen and oxygen atoms in total. The highest BCUT2D eigenvalue weighted by atomic mass is 16.2. The van der Waals surface area contributed by atoms with Crippen LogP contribution in [0.1, 0.15) is 456 Å². The van der Waals surface area contributed by atoms with E-state index < -0.39 is 0 Å². The average molecular weight is 1170 g/mol. The van der Waals surface area contributed by atoms with E-state index in [0.29, 0.717) is 25.7 Å². The van der Waals surface area contributed by atoms with Gasteiger partial charge < -0.3 is 22.9 Å². The lowest BCUT2D eigenvalue weighted by Crippen LogP contribution is -2.09. The topological polar surface area (TPSA) is 172 Å². The van der Waals surface area contributed by atoms with Crippen molar-refractivity contribution in [3.8, 4) is 0 Å². The van der Waals surface area contributed by atoms with Gasteiger partial charge >= 0.3 is 0 Å². The van der Waals surface area contributed by atoms with Crippen LogP contribution in [-0.2, 0) is 19.2 Å². The Kier molecular flexibility index (Phi) is 75.9. The lowest BCUT2D eigenvalue weighted by atomic mass is 10.0. The highest BCUT2D eigenvalue weighted by Crippen LogP contribution is 2.20. The van der Waals surface area contributed by atoms with Gasteiger partial charge in [-0.1, -0.05) is 405 Å². The molecule has 0 aliphatic rings. The van der Waals surface area contributed by atoms with Crippen LogP contribution >= 0.6 is 0 Å². The number of carbonyl (C=O) groups is 4. The van der Waals surface area contributed by atoms with Crippen molar-refractivity contribution in [1.29, 1.82) is 0 Å². The van der Waals surface area contributed by atoms with Gasteiger partial charge in [0.1, 0.15) is 0 Å². The second-order valence-electron chi connectivity index (χ2n) is 26.6. The first-order valence-electron chi connectivity index (χ1n) is 37.9. The molecule has 0 saturated heterocycles. The van der Waals surface area contributed by atoms with Crippen molar-refractivity contribution in [1.82, 2.24) is 0 Å². The number of hydrogen-bond acceptors (Lipinski definition) is 4. The van der Waals surface area contributed by atoms with E-state index in [2.05, 4.69) is 0 Å². The molecule has 8 N–H and O–H groups in total. The van der Waals surface area contributed by atoms with Crippen molar-refractivity contribution in [3.63, 3.8) is 0 Å². The predicted molar refractivity (Wildman–Crippen MR) is 365 cm³/mol. The number of nitrogens with two attached hydrogens (primary N) is 4. The van der Waals surface area contributed by atoms with E-state index in [4.69, 9.17) is 22.9 Å². The highest BCUT2D eigenvalue weighted by Gasteiger charge is 2.02. The van der Waals surface area contributed by atoms with Crippen LogP contribution in [0.5, 0.6) is 0 Å². The molecular formula is C75H150N4O4.